The molecule has 0 aliphatic carbocycles. The van der Waals surface area contributed by atoms with Gasteiger partial charge in [-0.3, -0.25) is 10.1 Å². The van der Waals surface area contributed by atoms with Gasteiger partial charge in [0.1, 0.15) is 0 Å². The molecule has 1 amide bonds. The minimum absolute atomic E-state index is 0.342. The number of amides is 1. The first-order valence-electron chi connectivity index (χ1n) is 8.72. The minimum atomic E-state index is -0.750. The number of anilines is 1. The lowest BCUT2D eigenvalue weighted by Gasteiger charge is -2.15. The van der Waals surface area contributed by atoms with E-state index in [0.29, 0.717) is 34.0 Å². The van der Waals surface area contributed by atoms with Gasteiger partial charge in [0, 0.05) is 17.1 Å². The first-order chi connectivity index (χ1) is 14.0. The third-order valence-corrected chi connectivity index (χ3v) is 4.67. The average Bonchev–Trinajstić information content (AvgIpc) is 3.21. The van der Waals surface area contributed by atoms with Crippen molar-refractivity contribution < 1.29 is 23.7 Å². The van der Waals surface area contributed by atoms with Crippen LogP contribution in [0.15, 0.2) is 42.5 Å². The molecule has 0 aliphatic rings. The molecule has 0 saturated carbocycles. The van der Waals surface area contributed by atoms with Gasteiger partial charge in [0.2, 0.25) is 5.13 Å². The zero-order valence-corrected chi connectivity index (χ0v) is 17.3. The molecule has 2 aromatic carbocycles. The normalized spacial score (nSPS) is 11.4. The predicted molar refractivity (Wildman–Crippen MR) is 110 cm³/mol. The lowest BCUT2D eigenvalue weighted by Crippen LogP contribution is -2.30. The number of para-hydroxylation sites is 2. The maximum atomic E-state index is 12.5. The smallest absolute Gasteiger partial charge is 0.266 e. The average molecular weight is 415 g/mol. The van der Waals surface area contributed by atoms with Gasteiger partial charge in [-0.1, -0.05) is 12.1 Å². The van der Waals surface area contributed by atoms with E-state index >= 15 is 0 Å². The SMILES string of the molecule is COc1ccc(-c2nsc(NC(=O)[C@@H](C)Oc3ccccc3OC)n2)cc1OC. The summed E-state index contributed by atoms with van der Waals surface area (Å²) in [5.41, 5.74) is 0.748. The molecule has 0 unspecified atom stereocenters. The molecule has 1 aromatic heterocycles. The number of rotatable bonds is 8. The van der Waals surface area contributed by atoms with Gasteiger partial charge in [-0.25, -0.2) is 0 Å². The summed E-state index contributed by atoms with van der Waals surface area (Å²) < 4.78 is 25.8. The maximum absolute atomic E-state index is 12.5. The molecule has 3 rings (SSSR count). The van der Waals surface area contributed by atoms with Gasteiger partial charge in [0.25, 0.3) is 5.91 Å². The van der Waals surface area contributed by atoms with Crippen LogP contribution < -0.4 is 24.3 Å². The molecule has 0 radical (unpaired) electrons. The Kier molecular flexibility index (Phi) is 6.50. The first-order valence-corrected chi connectivity index (χ1v) is 9.49. The van der Waals surface area contributed by atoms with Gasteiger partial charge in [-0.05, 0) is 37.3 Å². The molecule has 0 fully saturated rings. The number of aromatic nitrogens is 2. The minimum Gasteiger partial charge on any atom is -0.493 e. The largest absolute Gasteiger partial charge is 0.493 e. The Morgan fingerprint density at radius 1 is 0.966 bits per heavy atom. The van der Waals surface area contributed by atoms with Crippen LogP contribution in [0.1, 0.15) is 6.92 Å². The van der Waals surface area contributed by atoms with Gasteiger partial charge in [-0.2, -0.15) is 9.36 Å². The fourth-order valence-corrected chi connectivity index (χ4v) is 3.13. The van der Waals surface area contributed by atoms with E-state index in [0.717, 1.165) is 17.1 Å². The van der Waals surface area contributed by atoms with E-state index in [1.165, 1.54) is 0 Å². The van der Waals surface area contributed by atoms with Crippen molar-refractivity contribution in [1.82, 2.24) is 9.36 Å². The summed E-state index contributed by atoms with van der Waals surface area (Å²) in [6.07, 6.45) is -0.750. The number of benzene rings is 2. The number of carbonyl (C=O) groups excluding carboxylic acids is 1. The molecule has 3 aromatic rings. The number of nitrogens with zero attached hydrogens (tertiary/aromatic N) is 2. The van der Waals surface area contributed by atoms with Crippen molar-refractivity contribution in [2.24, 2.45) is 0 Å². The molecular formula is C20H21N3O5S. The van der Waals surface area contributed by atoms with Crippen LogP contribution in [0.2, 0.25) is 0 Å². The fraction of sp³-hybridized carbons (Fsp3) is 0.250. The summed E-state index contributed by atoms with van der Waals surface area (Å²) in [4.78, 5) is 16.8. The van der Waals surface area contributed by atoms with E-state index in [2.05, 4.69) is 14.7 Å². The highest BCUT2D eigenvalue weighted by atomic mass is 32.1. The standard InChI is InChI=1S/C20H21N3O5S/c1-12(28-16-8-6-5-7-14(16)25-2)19(24)22-20-21-18(23-29-20)13-9-10-15(26-3)17(11-13)27-4/h5-12H,1-4H3,(H,21,22,23,24)/t12-/m1/s1. The van der Waals surface area contributed by atoms with Gasteiger partial charge < -0.3 is 18.9 Å². The van der Waals surface area contributed by atoms with E-state index in [-0.39, 0.29) is 5.91 Å². The second kappa shape index (κ2) is 9.24. The molecule has 0 spiro atoms. The molecule has 0 bridgehead atoms. The van der Waals surface area contributed by atoms with E-state index in [1.807, 2.05) is 18.2 Å². The van der Waals surface area contributed by atoms with E-state index < -0.39 is 6.10 Å². The second-order valence-corrected chi connectivity index (χ2v) is 6.64. The number of ether oxygens (including phenoxy) is 4. The third-order valence-electron chi connectivity index (χ3n) is 4.04. The Balaban J connectivity index is 1.68. The van der Waals surface area contributed by atoms with Crippen molar-refractivity contribution in [2.75, 3.05) is 26.6 Å². The maximum Gasteiger partial charge on any atom is 0.266 e. The van der Waals surface area contributed by atoms with E-state index in [9.17, 15) is 4.79 Å². The molecule has 0 aliphatic heterocycles. The molecule has 0 saturated heterocycles. The topological polar surface area (TPSA) is 91.8 Å². The summed E-state index contributed by atoms with van der Waals surface area (Å²) in [5.74, 6) is 2.36. The molecule has 8 nitrogen and oxygen atoms in total. The van der Waals surface area contributed by atoms with Crippen LogP contribution in [0.3, 0.4) is 0 Å². The summed E-state index contributed by atoms with van der Waals surface area (Å²) in [5, 5.41) is 3.10. The van der Waals surface area contributed by atoms with Crippen LogP contribution in [-0.2, 0) is 4.79 Å². The van der Waals surface area contributed by atoms with Crippen LogP contribution >= 0.6 is 11.5 Å². The summed E-state index contributed by atoms with van der Waals surface area (Å²) in [7, 11) is 4.68. The molecule has 1 atom stereocenters. The highest BCUT2D eigenvalue weighted by Gasteiger charge is 2.19. The first kappa shape index (κ1) is 20.4. The molecule has 1 N–H and O–H groups in total. The number of nitrogens with one attached hydrogen (secondary N) is 1. The predicted octanol–water partition coefficient (Wildman–Crippen LogP) is 3.64. The van der Waals surface area contributed by atoms with Crippen LogP contribution in [-0.4, -0.2) is 42.7 Å². The van der Waals surface area contributed by atoms with Crippen molar-refractivity contribution >= 4 is 22.6 Å². The van der Waals surface area contributed by atoms with Gasteiger partial charge in [-0.15, -0.1) is 0 Å². The van der Waals surface area contributed by atoms with E-state index in [4.69, 9.17) is 18.9 Å². The van der Waals surface area contributed by atoms with Gasteiger partial charge in [0.15, 0.2) is 34.9 Å². The highest BCUT2D eigenvalue weighted by molar-refractivity contribution is 7.10. The quantitative estimate of drug-likeness (QED) is 0.600. The number of hydrogen-bond donors (Lipinski definition) is 1. The Labute approximate surface area is 172 Å². The van der Waals surface area contributed by atoms with Crippen LogP contribution in [0.5, 0.6) is 23.0 Å². The van der Waals surface area contributed by atoms with Crippen molar-refractivity contribution in [3.8, 4) is 34.4 Å². The Morgan fingerprint density at radius 2 is 1.62 bits per heavy atom. The number of carbonyl (C=O) groups is 1. The van der Waals surface area contributed by atoms with E-state index in [1.54, 1.807) is 52.5 Å². The molecule has 152 valence electrons. The molecular weight excluding hydrogens is 394 g/mol. The lowest BCUT2D eigenvalue weighted by atomic mass is 10.2. The second-order valence-electron chi connectivity index (χ2n) is 5.89. The van der Waals surface area contributed by atoms with Crippen LogP contribution in [0.4, 0.5) is 5.13 Å². The van der Waals surface area contributed by atoms with Crippen LogP contribution in [0, 0.1) is 0 Å². The molecule has 9 heteroatoms. The van der Waals surface area contributed by atoms with Gasteiger partial charge in [0.05, 0.1) is 21.3 Å². The summed E-state index contributed by atoms with van der Waals surface area (Å²) in [6, 6.07) is 12.5. The Bertz CT molecular complexity index is 992. The van der Waals surface area contributed by atoms with Crippen molar-refractivity contribution in [1.29, 1.82) is 0 Å². The number of methoxy groups -OCH3 is 3. The zero-order valence-electron chi connectivity index (χ0n) is 16.5. The number of hydrogen-bond acceptors (Lipinski definition) is 8. The Hall–Kier alpha value is -3.33. The lowest BCUT2D eigenvalue weighted by molar-refractivity contribution is -0.122. The molecule has 1 heterocycles. The van der Waals surface area contributed by atoms with Crippen LogP contribution in [0.25, 0.3) is 11.4 Å². The summed E-state index contributed by atoms with van der Waals surface area (Å²) in [6.45, 7) is 1.65. The van der Waals surface area contributed by atoms with Crippen molar-refractivity contribution in [3.63, 3.8) is 0 Å². The zero-order chi connectivity index (χ0) is 20.8. The van der Waals surface area contributed by atoms with Crippen molar-refractivity contribution in [3.05, 3.63) is 42.5 Å². The summed E-state index contributed by atoms with van der Waals surface area (Å²) >= 11 is 1.08. The van der Waals surface area contributed by atoms with Gasteiger partial charge >= 0.3 is 0 Å². The highest BCUT2D eigenvalue weighted by Crippen LogP contribution is 2.32. The van der Waals surface area contributed by atoms with Crippen molar-refractivity contribution in [2.45, 2.75) is 13.0 Å². The Morgan fingerprint density at radius 3 is 2.31 bits per heavy atom. The fourth-order valence-electron chi connectivity index (χ4n) is 2.53. The molecule has 29 heavy (non-hydrogen) atoms. The third kappa shape index (κ3) is 4.75. The monoisotopic (exact) mass is 415 g/mol.